The van der Waals surface area contributed by atoms with Gasteiger partial charge in [-0.15, -0.1) is 0 Å². The largest absolute Gasteiger partial charge is 0.480 e. The lowest BCUT2D eigenvalue weighted by Gasteiger charge is -2.17. The van der Waals surface area contributed by atoms with Gasteiger partial charge in [-0.05, 0) is 31.4 Å². The highest BCUT2D eigenvalue weighted by Crippen LogP contribution is 2.17. The first-order valence-electron chi connectivity index (χ1n) is 10.6. The molecular formula is C20H28N6O6S. The van der Waals surface area contributed by atoms with E-state index < -0.39 is 40.5 Å². The van der Waals surface area contributed by atoms with Crippen LogP contribution in [0.3, 0.4) is 0 Å². The first kappa shape index (κ1) is 24.6. The van der Waals surface area contributed by atoms with Crippen LogP contribution in [0.15, 0.2) is 47.6 Å². The number of aromatic amines is 1. The maximum Gasteiger partial charge on any atom is 0.323 e. The van der Waals surface area contributed by atoms with Gasteiger partial charge in [0.05, 0.1) is 11.0 Å². The molecular weight excluding hydrogens is 452 g/mol. The fourth-order valence-electron chi connectivity index (χ4n) is 3.30. The fraction of sp³-hybridized carbons (Fsp3) is 0.450. The minimum absolute atomic E-state index is 0.0596. The van der Waals surface area contributed by atoms with Gasteiger partial charge in [-0.25, -0.2) is 13.4 Å². The monoisotopic (exact) mass is 480 g/mol. The first-order valence-corrected chi connectivity index (χ1v) is 12.1. The van der Waals surface area contributed by atoms with Gasteiger partial charge in [-0.2, -0.15) is 10.2 Å². The van der Waals surface area contributed by atoms with E-state index in [0.29, 0.717) is 6.42 Å². The van der Waals surface area contributed by atoms with E-state index in [4.69, 9.17) is 4.84 Å². The molecule has 12 nitrogen and oxygen atoms in total. The number of rotatable bonds is 13. The van der Waals surface area contributed by atoms with Gasteiger partial charge in [-0.3, -0.25) is 14.4 Å². The molecule has 0 bridgehead atoms. The second-order valence-electron chi connectivity index (χ2n) is 7.58. The maximum atomic E-state index is 12.4. The number of anilines is 1. The molecule has 0 spiro atoms. The van der Waals surface area contributed by atoms with E-state index in [-0.39, 0.29) is 11.0 Å². The molecule has 3 rings (SSSR count). The van der Waals surface area contributed by atoms with Gasteiger partial charge in [0.25, 0.3) is 0 Å². The Balaban J connectivity index is 1.38. The van der Waals surface area contributed by atoms with Crippen molar-refractivity contribution < 1.29 is 28.0 Å². The van der Waals surface area contributed by atoms with Crippen LogP contribution < -0.4 is 20.8 Å². The molecule has 3 atom stereocenters. The van der Waals surface area contributed by atoms with Gasteiger partial charge in [0.1, 0.15) is 12.1 Å². The number of sulfonamides is 1. The zero-order chi connectivity index (χ0) is 23.7. The number of nitrogens with one attached hydrogen (secondary N) is 5. The molecule has 33 heavy (non-hydrogen) atoms. The number of H-pyrrole nitrogens is 1. The summed E-state index contributed by atoms with van der Waals surface area (Å²) in [7, 11) is -4.04. The van der Waals surface area contributed by atoms with Gasteiger partial charge in [0.2, 0.25) is 15.9 Å². The number of aliphatic carboxylic acids is 1. The summed E-state index contributed by atoms with van der Waals surface area (Å²) in [5.41, 5.74) is 2.67. The first-order chi connectivity index (χ1) is 15.8. The molecule has 2 heterocycles. The number of carboxylic acids is 1. The van der Waals surface area contributed by atoms with Crippen LogP contribution in [-0.4, -0.2) is 66.6 Å². The number of unbranched alkanes of at least 4 members (excludes halogenated alkanes) is 1. The second kappa shape index (κ2) is 11.7. The van der Waals surface area contributed by atoms with Gasteiger partial charge in [0.15, 0.2) is 5.95 Å². The lowest BCUT2D eigenvalue weighted by molar-refractivity contribution is -0.139. The molecule has 1 aliphatic rings. The molecule has 0 aliphatic carbocycles. The Kier molecular flexibility index (Phi) is 8.77. The number of carboxylic acid groups (broad SMARTS) is 1. The molecule has 1 amide bonds. The molecule has 180 valence electrons. The van der Waals surface area contributed by atoms with E-state index in [1.165, 1.54) is 24.3 Å². The normalized spacial score (nSPS) is 19.2. The van der Waals surface area contributed by atoms with Crippen molar-refractivity contribution in [2.45, 2.75) is 48.8 Å². The third-order valence-electron chi connectivity index (χ3n) is 5.07. The summed E-state index contributed by atoms with van der Waals surface area (Å²) >= 11 is 0. The number of benzene rings is 1. The number of hydroxylamine groups is 1. The number of aromatic nitrogens is 2. The Morgan fingerprint density at radius 2 is 2.03 bits per heavy atom. The van der Waals surface area contributed by atoms with E-state index >= 15 is 0 Å². The number of amides is 1. The fourth-order valence-corrected chi connectivity index (χ4v) is 4.51. The van der Waals surface area contributed by atoms with Crippen LogP contribution in [0.5, 0.6) is 0 Å². The summed E-state index contributed by atoms with van der Waals surface area (Å²) in [6, 6.07) is 5.26. The summed E-state index contributed by atoms with van der Waals surface area (Å²) in [4.78, 5) is 36.4. The molecule has 1 saturated heterocycles. The number of carbonyl (C=O) groups excluding carboxylic acids is 1. The molecule has 1 aromatic carbocycles. The van der Waals surface area contributed by atoms with Crippen molar-refractivity contribution in [3.63, 3.8) is 0 Å². The van der Waals surface area contributed by atoms with Crippen LogP contribution >= 0.6 is 0 Å². The molecule has 1 fully saturated rings. The minimum Gasteiger partial charge on any atom is -0.480 e. The van der Waals surface area contributed by atoms with Gasteiger partial charge >= 0.3 is 5.97 Å². The van der Waals surface area contributed by atoms with E-state index in [2.05, 4.69) is 30.8 Å². The Labute approximate surface area is 191 Å². The highest BCUT2D eigenvalue weighted by atomic mass is 32.2. The summed E-state index contributed by atoms with van der Waals surface area (Å²) < 4.78 is 26.9. The van der Waals surface area contributed by atoms with Crippen LogP contribution in [-0.2, 0) is 24.4 Å². The van der Waals surface area contributed by atoms with E-state index in [9.17, 15) is 23.1 Å². The number of hydrogen-bond donors (Lipinski definition) is 6. The number of nitrogens with zero attached hydrogens (tertiary/aromatic N) is 1. The van der Waals surface area contributed by atoms with E-state index in [1.54, 1.807) is 18.5 Å². The minimum atomic E-state index is -4.04. The molecule has 3 unspecified atom stereocenters. The molecule has 0 radical (unpaired) electrons. The SMILES string of the molecule is O=C(O)C(CNC(=O)C1CC(CCCCNc2ncc[nH]2)ON1)NS(=O)(=O)c1ccccc1. The topological polar surface area (TPSA) is 175 Å². The van der Waals surface area contributed by atoms with Crippen molar-refractivity contribution in [3.8, 4) is 0 Å². The zero-order valence-electron chi connectivity index (χ0n) is 17.9. The predicted octanol–water partition coefficient (Wildman–Crippen LogP) is 0.202. The summed E-state index contributed by atoms with van der Waals surface area (Å²) in [5, 5.41) is 15.0. The van der Waals surface area contributed by atoms with Crippen molar-refractivity contribution in [2.24, 2.45) is 0 Å². The van der Waals surface area contributed by atoms with Crippen LogP contribution in [0.4, 0.5) is 5.95 Å². The van der Waals surface area contributed by atoms with Crippen LogP contribution in [0.2, 0.25) is 0 Å². The van der Waals surface area contributed by atoms with Crippen molar-refractivity contribution in [3.05, 3.63) is 42.7 Å². The van der Waals surface area contributed by atoms with Crippen molar-refractivity contribution in [1.29, 1.82) is 0 Å². The highest BCUT2D eigenvalue weighted by Gasteiger charge is 2.32. The van der Waals surface area contributed by atoms with Gasteiger partial charge < -0.3 is 20.7 Å². The van der Waals surface area contributed by atoms with Crippen molar-refractivity contribution >= 4 is 27.8 Å². The Hall–Kier alpha value is -3.00. The standard InChI is InChI=1S/C20H28N6O6S/c27-18(16-12-14(32-25-16)6-4-5-9-21-20-22-10-11-23-20)24-13-17(19(28)29)26-33(30,31)15-7-2-1-3-8-15/h1-3,7-8,10-11,14,16-17,25-26H,4-6,9,12-13H2,(H,24,27)(H,28,29)(H2,21,22,23). The summed E-state index contributed by atoms with van der Waals surface area (Å²) in [6.45, 7) is 0.356. The Bertz CT molecular complexity index is 1000. The maximum absolute atomic E-state index is 12.4. The lowest BCUT2D eigenvalue weighted by Crippen LogP contribution is -2.51. The third kappa shape index (κ3) is 7.53. The molecule has 1 aliphatic heterocycles. The Morgan fingerprint density at radius 1 is 1.24 bits per heavy atom. The molecule has 6 N–H and O–H groups in total. The van der Waals surface area contributed by atoms with Crippen molar-refractivity contribution in [1.82, 2.24) is 25.5 Å². The summed E-state index contributed by atoms with van der Waals surface area (Å²) in [6.07, 6.45) is 6.24. The van der Waals surface area contributed by atoms with Gasteiger partial charge in [0, 0.05) is 31.9 Å². The summed E-state index contributed by atoms with van der Waals surface area (Å²) in [5.74, 6) is -1.13. The average Bonchev–Trinajstić information content (AvgIpc) is 3.49. The van der Waals surface area contributed by atoms with Crippen LogP contribution in [0, 0.1) is 0 Å². The average molecular weight is 481 g/mol. The number of hydrogen-bond acceptors (Lipinski definition) is 8. The molecule has 0 saturated carbocycles. The number of imidazole rings is 1. The predicted molar refractivity (Wildman–Crippen MR) is 119 cm³/mol. The molecule has 2 aromatic rings. The highest BCUT2D eigenvalue weighted by molar-refractivity contribution is 7.89. The quantitative estimate of drug-likeness (QED) is 0.219. The third-order valence-corrected chi connectivity index (χ3v) is 6.55. The van der Waals surface area contributed by atoms with Crippen molar-refractivity contribution in [2.75, 3.05) is 18.4 Å². The second-order valence-corrected chi connectivity index (χ2v) is 9.29. The van der Waals surface area contributed by atoms with E-state index in [0.717, 1.165) is 31.8 Å². The molecule has 13 heteroatoms. The van der Waals surface area contributed by atoms with Gasteiger partial charge in [-0.1, -0.05) is 18.2 Å². The zero-order valence-corrected chi connectivity index (χ0v) is 18.7. The number of carbonyl (C=O) groups is 2. The lowest BCUT2D eigenvalue weighted by atomic mass is 10.1. The van der Waals surface area contributed by atoms with Crippen LogP contribution in [0.25, 0.3) is 0 Å². The molecule has 1 aromatic heterocycles. The van der Waals surface area contributed by atoms with E-state index in [1.807, 2.05) is 0 Å². The van der Waals surface area contributed by atoms with Crippen LogP contribution in [0.1, 0.15) is 25.7 Å². The Morgan fingerprint density at radius 3 is 2.73 bits per heavy atom. The smallest absolute Gasteiger partial charge is 0.323 e.